The topological polar surface area (TPSA) is 76.1 Å². The Morgan fingerprint density at radius 2 is 1.92 bits per heavy atom. The molecule has 0 radical (unpaired) electrons. The van der Waals surface area contributed by atoms with Crippen molar-refractivity contribution in [2.24, 2.45) is 0 Å². The van der Waals surface area contributed by atoms with E-state index in [9.17, 15) is 14.7 Å². The Labute approximate surface area is 143 Å². The van der Waals surface area contributed by atoms with Crippen LogP contribution < -0.4 is 0 Å². The van der Waals surface area contributed by atoms with E-state index in [2.05, 4.69) is 0 Å². The maximum absolute atomic E-state index is 12.3. The van der Waals surface area contributed by atoms with Crippen LogP contribution in [0.4, 0.5) is 0 Å². The molecule has 3 rings (SSSR count). The number of rotatable bonds is 3. The highest BCUT2D eigenvalue weighted by Crippen LogP contribution is 2.49. The molecule has 0 saturated heterocycles. The average molecular weight is 347 g/mol. The molecule has 0 bridgehead atoms. The third-order valence-corrected chi connectivity index (χ3v) is 5.62. The van der Waals surface area contributed by atoms with Gasteiger partial charge in [0.1, 0.15) is 11.3 Å². The summed E-state index contributed by atoms with van der Waals surface area (Å²) in [5, 5.41) is 10.5. The summed E-state index contributed by atoms with van der Waals surface area (Å²) in [6, 6.07) is 8.95. The predicted molar refractivity (Wildman–Crippen MR) is 89.7 cm³/mol. The van der Waals surface area contributed by atoms with Gasteiger partial charge in [-0.1, -0.05) is 30.3 Å². The number of hydroxylamine groups is 2. The number of thioether (sulfide) groups is 1. The lowest BCUT2D eigenvalue weighted by molar-refractivity contribution is -0.174. The number of hydrogen-bond acceptors (Lipinski definition) is 6. The molecule has 0 unspecified atom stereocenters. The highest BCUT2D eigenvalue weighted by molar-refractivity contribution is 8.09. The fourth-order valence-electron chi connectivity index (χ4n) is 3.03. The van der Waals surface area contributed by atoms with E-state index in [1.807, 2.05) is 37.3 Å². The summed E-state index contributed by atoms with van der Waals surface area (Å²) >= 11 is 1.27. The second-order valence-electron chi connectivity index (χ2n) is 5.42. The monoisotopic (exact) mass is 347 g/mol. The molecule has 0 aliphatic carbocycles. The second-order valence-corrected chi connectivity index (χ2v) is 6.53. The molecule has 2 heterocycles. The zero-order chi connectivity index (χ0) is 17.4. The fraction of sp³-hybridized carbons (Fsp3) is 0.294. The number of esters is 1. The lowest BCUT2D eigenvalue weighted by Gasteiger charge is -2.33. The molecule has 1 amide bonds. The smallest absolute Gasteiger partial charge is 0.323 e. The Kier molecular flexibility index (Phi) is 4.38. The van der Waals surface area contributed by atoms with Crippen LogP contribution in [0, 0.1) is 0 Å². The van der Waals surface area contributed by atoms with Gasteiger partial charge in [-0.05, 0) is 18.1 Å². The summed E-state index contributed by atoms with van der Waals surface area (Å²) in [6.45, 7) is 1.87. The Morgan fingerprint density at radius 1 is 1.25 bits per heavy atom. The van der Waals surface area contributed by atoms with Gasteiger partial charge in [-0.25, -0.2) is 5.06 Å². The van der Waals surface area contributed by atoms with Crippen LogP contribution in [0.1, 0.15) is 12.5 Å². The number of benzene rings is 1. The van der Waals surface area contributed by atoms with Gasteiger partial charge in [0.25, 0.3) is 0 Å². The number of methoxy groups -OCH3 is 1. The van der Waals surface area contributed by atoms with Crippen molar-refractivity contribution in [3.8, 4) is 0 Å². The molecule has 0 aromatic heterocycles. The van der Waals surface area contributed by atoms with E-state index >= 15 is 0 Å². The van der Waals surface area contributed by atoms with Crippen LogP contribution in [0.15, 0.2) is 47.2 Å². The molecule has 0 fully saturated rings. The number of fused-ring (bicyclic) bond motifs is 1. The predicted octanol–water partition coefficient (Wildman–Crippen LogP) is 2.29. The summed E-state index contributed by atoms with van der Waals surface area (Å²) in [5.74, 6) is -1.62. The Bertz CT molecular complexity index is 756. The summed E-state index contributed by atoms with van der Waals surface area (Å²) in [5.41, 5.74) is 2.08. The maximum atomic E-state index is 12.3. The molecule has 24 heavy (non-hydrogen) atoms. The largest absolute Gasteiger partial charge is 0.503 e. The number of ether oxygens (including phenoxy) is 1. The molecule has 2 atom stereocenters. The number of aliphatic hydroxyl groups excluding tert-OH is 1. The first-order valence-electron chi connectivity index (χ1n) is 7.32. The molecule has 6 nitrogen and oxygen atoms in total. The number of hydrogen-bond donors (Lipinski definition) is 1. The molecule has 1 N–H and O–H groups in total. The molecule has 2 aliphatic rings. The van der Waals surface area contributed by atoms with Crippen LogP contribution in [0.3, 0.4) is 0 Å². The number of amides is 1. The van der Waals surface area contributed by atoms with Crippen LogP contribution in [0.5, 0.6) is 0 Å². The van der Waals surface area contributed by atoms with Gasteiger partial charge < -0.3 is 9.84 Å². The van der Waals surface area contributed by atoms with Crippen LogP contribution in [-0.4, -0.2) is 47.6 Å². The Morgan fingerprint density at radius 3 is 2.50 bits per heavy atom. The molecule has 2 aliphatic heterocycles. The first kappa shape index (κ1) is 16.6. The number of carbonyl (C=O) groups is 2. The number of carbonyl (C=O) groups excluding carboxylic acids is 2. The van der Waals surface area contributed by atoms with E-state index < -0.39 is 28.9 Å². The molecular formula is C17H17NO5S. The summed E-state index contributed by atoms with van der Waals surface area (Å²) in [4.78, 5) is 30.5. The standard InChI is InChI=1S/C17H17NO5S/c1-9-12-11(13(19)16(20)18(12)23-3)15(17(21)22-2)24-14(9)10-7-5-4-6-8-10/h4-8,12,15,19H,1-3H3/t12-,15-/m1/s1. The van der Waals surface area contributed by atoms with E-state index in [1.165, 1.54) is 26.0 Å². The van der Waals surface area contributed by atoms with E-state index in [1.54, 1.807) is 0 Å². The van der Waals surface area contributed by atoms with Gasteiger partial charge in [0.05, 0.1) is 14.2 Å². The van der Waals surface area contributed by atoms with E-state index in [4.69, 9.17) is 9.57 Å². The summed E-state index contributed by atoms with van der Waals surface area (Å²) in [7, 11) is 2.65. The lowest BCUT2D eigenvalue weighted by atomic mass is 9.95. The normalized spacial score (nSPS) is 23.6. The summed E-state index contributed by atoms with van der Waals surface area (Å²) in [6.07, 6.45) is 0. The molecular weight excluding hydrogens is 330 g/mol. The van der Waals surface area contributed by atoms with Crippen molar-refractivity contribution >= 4 is 28.5 Å². The average Bonchev–Trinajstić information content (AvgIpc) is 2.87. The quantitative estimate of drug-likeness (QED) is 0.846. The highest BCUT2D eigenvalue weighted by Gasteiger charge is 2.50. The molecule has 0 spiro atoms. The van der Waals surface area contributed by atoms with Gasteiger partial charge in [-0.2, -0.15) is 0 Å². The Hall–Kier alpha value is -2.25. The first-order valence-corrected chi connectivity index (χ1v) is 8.20. The third-order valence-electron chi connectivity index (χ3n) is 4.14. The van der Waals surface area contributed by atoms with Gasteiger partial charge in [-0.15, -0.1) is 11.8 Å². The van der Waals surface area contributed by atoms with Gasteiger partial charge in [0.15, 0.2) is 5.76 Å². The van der Waals surface area contributed by atoms with E-state index in [0.717, 1.165) is 21.1 Å². The van der Waals surface area contributed by atoms with Crippen molar-refractivity contribution < 1.29 is 24.3 Å². The van der Waals surface area contributed by atoms with Crippen LogP contribution in [-0.2, 0) is 19.2 Å². The van der Waals surface area contributed by atoms with Gasteiger partial charge in [0.2, 0.25) is 0 Å². The SMILES string of the molecule is COC(=O)[C@@H]1SC(c2ccccc2)=C(C)[C@@H]2C1=C(O)C(=O)N2OC. The van der Waals surface area contributed by atoms with Crippen molar-refractivity contribution in [3.05, 3.63) is 52.8 Å². The zero-order valence-electron chi connectivity index (χ0n) is 13.5. The van der Waals surface area contributed by atoms with Crippen molar-refractivity contribution in [1.29, 1.82) is 0 Å². The van der Waals surface area contributed by atoms with E-state index in [0.29, 0.717) is 5.57 Å². The van der Waals surface area contributed by atoms with E-state index in [-0.39, 0.29) is 0 Å². The van der Waals surface area contributed by atoms with Crippen LogP contribution >= 0.6 is 11.8 Å². The van der Waals surface area contributed by atoms with Crippen molar-refractivity contribution in [1.82, 2.24) is 5.06 Å². The minimum atomic E-state index is -0.803. The molecule has 0 saturated carbocycles. The van der Waals surface area contributed by atoms with Gasteiger partial charge in [0, 0.05) is 10.5 Å². The molecule has 126 valence electrons. The van der Waals surface area contributed by atoms with Gasteiger partial charge in [-0.3, -0.25) is 14.4 Å². The zero-order valence-corrected chi connectivity index (χ0v) is 14.3. The number of nitrogens with zero attached hydrogens (tertiary/aromatic N) is 1. The molecule has 1 aromatic rings. The van der Waals surface area contributed by atoms with Crippen LogP contribution in [0.25, 0.3) is 4.91 Å². The fourth-order valence-corrected chi connectivity index (χ4v) is 4.40. The second kappa shape index (κ2) is 6.33. The van der Waals surface area contributed by atoms with Crippen molar-refractivity contribution in [2.45, 2.75) is 18.2 Å². The number of aliphatic hydroxyl groups is 1. The minimum absolute atomic E-state index is 0.316. The summed E-state index contributed by atoms with van der Waals surface area (Å²) < 4.78 is 4.87. The van der Waals surface area contributed by atoms with Crippen molar-refractivity contribution in [3.63, 3.8) is 0 Å². The maximum Gasteiger partial charge on any atom is 0.323 e. The van der Waals surface area contributed by atoms with Crippen molar-refractivity contribution in [2.75, 3.05) is 14.2 Å². The molecule has 7 heteroatoms. The van der Waals surface area contributed by atoms with Crippen LogP contribution in [0.2, 0.25) is 0 Å². The third kappa shape index (κ3) is 2.40. The minimum Gasteiger partial charge on any atom is -0.503 e. The van der Waals surface area contributed by atoms with Gasteiger partial charge >= 0.3 is 11.9 Å². The lowest BCUT2D eigenvalue weighted by Crippen LogP contribution is -2.40. The Balaban J connectivity index is 2.19. The highest BCUT2D eigenvalue weighted by atomic mass is 32.2. The molecule has 1 aromatic carbocycles. The first-order chi connectivity index (χ1) is 11.5.